The Morgan fingerprint density at radius 2 is 1.95 bits per heavy atom. The molecule has 0 N–H and O–H groups in total. The Balaban J connectivity index is 1.98. The lowest BCUT2D eigenvalue weighted by atomic mass is 9.93. The van der Waals surface area contributed by atoms with Crippen LogP contribution in [0, 0.1) is 18.6 Å². The van der Waals surface area contributed by atoms with E-state index < -0.39 is 11.6 Å². The van der Waals surface area contributed by atoms with Crippen molar-refractivity contribution in [2.45, 2.75) is 17.7 Å². The Morgan fingerprint density at radius 1 is 1.20 bits per heavy atom. The van der Waals surface area contributed by atoms with Crippen LogP contribution in [0.4, 0.5) is 8.78 Å². The first-order valence-corrected chi connectivity index (χ1v) is 7.31. The van der Waals surface area contributed by atoms with E-state index in [9.17, 15) is 8.78 Å². The fourth-order valence-corrected chi connectivity index (χ4v) is 3.31. The summed E-state index contributed by atoms with van der Waals surface area (Å²) in [5.41, 5.74) is 1.67. The summed E-state index contributed by atoms with van der Waals surface area (Å²) in [6.45, 7) is 2.02. The lowest BCUT2D eigenvalue weighted by Gasteiger charge is -2.18. The van der Waals surface area contributed by atoms with Gasteiger partial charge >= 0.3 is 0 Å². The van der Waals surface area contributed by atoms with Crippen LogP contribution < -0.4 is 4.74 Å². The van der Waals surface area contributed by atoms with Crippen LogP contribution in [0.25, 0.3) is 0 Å². The van der Waals surface area contributed by atoms with Gasteiger partial charge in [0.25, 0.3) is 0 Å². The maximum atomic E-state index is 14.1. The predicted octanol–water partition coefficient (Wildman–Crippen LogP) is 4.89. The van der Waals surface area contributed by atoms with E-state index in [-0.39, 0.29) is 10.7 Å². The van der Waals surface area contributed by atoms with Crippen molar-refractivity contribution in [3.8, 4) is 5.75 Å². The minimum Gasteiger partial charge on any atom is -0.493 e. The standard InChI is InChI=1S/C16H13BrF2O/c1-9-6-14(19)11(7-13(9)18)16(17)12-8-20-15-5-3-2-4-10(12)15/h2-7,12,16H,8H2,1H3. The van der Waals surface area contributed by atoms with Gasteiger partial charge in [-0.2, -0.15) is 0 Å². The van der Waals surface area contributed by atoms with Crippen molar-refractivity contribution in [1.82, 2.24) is 0 Å². The molecule has 0 bridgehead atoms. The molecular weight excluding hydrogens is 326 g/mol. The van der Waals surface area contributed by atoms with Crippen LogP contribution in [-0.2, 0) is 0 Å². The summed E-state index contributed by atoms with van der Waals surface area (Å²) in [5.74, 6) is 0.00551. The molecule has 2 aromatic rings. The molecular formula is C16H13BrF2O. The minimum absolute atomic E-state index is 0.0252. The number of hydrogen-bond acceptors (Lipinski definition) is 1. The number of rotatable bonds is 2. The lowest BCUT2D eigenvalue weighted by Crippen LogP contribution is -2.10. The number of para-hydroxylation sites is 1. The monoisotopic (exact) mass is 338 g/mol. The quantitative estimate of drug-likeness (QED) is 0.708. The van der Waals surface area contributed by atoms with E-state index in [4.69, 9.17) is 4.74 Å². The third-order valence-electron chi connectivity index (χ3n) is 3.67. The molecule has 104 valence electrons. The molecule has 0 amide bonds. The van der Waals surface area contributed by atoms with E-state index in [2.05, 4.69) is 15.9 Å². The van der Waals surface area contributed by atoms with Gasteiger partial charge in [0, 0.05) is 17.0 Å². The van der Waals surface area contributed by atoms with Gasteiger partial charge in [-0.25, -0.2) is 8.78 Å². The molecule has 2 atom stereocenters. The van der Waals surface area contributed by atoms with Crippen LogP contribution in [0.1, 0.15) is 27.4 Å². The summed E-state index contributed by atoms with van der Waals surface area (Å²) in [4.78, 5) is -0.318. The average molecular weight is 339 g/mol. The number of alkyl halides is 1. The highest BCUT2D eigenvalue weighted by molar-refractivity contribution is 9.09. The summed E-state index contributed by atoms with van der Waals surface area (Å²) in [7, 11) is 0. The maximum absolute atomic E-state index is 14.1. The van der Waals surface area contributed by atoms with Gasteiger partial charge < -0.3 is 4.74 Å². The van der Waals surface area contributed by atoms with Crippen molar-refractivity contribution < 1.29 is 13.5 Å². The number of fused-ring (bicyclic) bond motifs is 1. The largest absolute Gasteiger partial charge is 0.493 e. The zero-order valence-corrected chi connectivity index (χ0v) is 12.5. The van der Waals surface area contributed by atoms with E-state index >= 15 is 0 Å². The molecule has 20 heavy (non-hydrogen) atoms. The number of halogens is 3. The molecule has 3 rings (SSSR count). The molecule has 1 heterocycles. The third kappa shape index (κ3) is 2.22. The van der Waals surface area contributed by atoms with Gasteiger partial charge in [-0.05, 0) is 30.7 Å². The van der Waals surface area contributed by atoms with Crippen LogP contribution in [-0.4, -0.2) is 6.61 Å². The molecule has 2 aromatic carbocycles. The smallest absolute Gasteiger partial charge is 0.128 e. The molecule has 4 heteroatoms. The van der Waals surface area contributed by atoms with Crippen molar-refractivity contribution in [3.63, 3.8) is 0 Å². The molecule has 0 radical (unpaired) electrons. The van der Waals surface area contributed by atoms with Gasteiger partial charge in [0.15, 0.2) is 0 Å². The SMILES string of the molecule is Cc1cc(F)c(C(Br)C2COc3ccccc32)cc1F. The Morgan fingerprint density at radius 3 is 2.75 bits per heavy atom. The summed E-state index contributed by atoms with van der Waals surface area (Å²) in [5, 5.41) is 0. The summed E-state index contributed by atoms with van der Waals surface area (Å²) < 4.78 is 33.4. The molecule has 1 aliphatic rings. The van der Waals surface area contributed by atoms with E-state index in [1.807, 2.05) is 24.3 Å². The molecule has 2 unspecified atom stereocenters. The van der Waals surface area contributed by atoms with Crippen molar-refractivity contribution in [1.29, 1.82) is 0 Å². The van der Waals surface area contributed by atoms with Crippen LogP contribution in [0.15, 0.2) is 36.4 Å². The van der Waals surface area contributed by atoms with E-state index in [0.717, 1.165) is 11.3 Å². The van der Waals surface area contributed by atoms with Crippen LogP contribution in [0.3, 0.4) is 0 Å². The summed E-state index contributed by atoms with van der Waals surface area (Å²) in [6, 6.07) is 10.2. The first-order valence-electron chi connectivity index (χ1n) is 6.39. The molecule has 0 saturated heterocycles. The van der Waals surface area contributed by atoms with Crippen molar-refractivity contribution in [3.05, 3.63) is 64.7 Å². The average Bonchev–Trinajstić information content (AvgIpc) is 2.86. The number of aryl methyl sites for hydroxylation is 1. The zero-order chi connectivity index (χ0) is 14.3. The van der Waals surface area contributed by atoms with Gasteiger partial charge in [0.1, 0.15) is 17.4 Å². The Hall–Kier alpha value is -1.42. The second-order valence-corrected chi connectivity index (χ2v) is 5.97. The molecule has 0 aromatic heterocycles. The van der Waals surface area contributed by atoms with Crippen molar-refractivity contribution >= 4 is 15.9 Å². The van der Waals surface area contributed by atoms with Gasteiger partial charge in [-0.1, -0.05) is 34.1 Å². The molecule has 0 spiro atoms. The van der Waals surface area contributed by atoms with Crippen LogP contribution in [0.2, 0.25) is 0 Å². The third-order valence-corrected chi connectivity index (χ3v) is 4.80. The van der Waals surface area contributed by atoms with Gasteiger partial charge in [-0.3, -0.25) is 0 Å². The summed E-state index contributed by atoms with van der Waals surface area (Å²) in [6.07, 6.45) is 0. The summed E-state index contributed by atoms with van der Waals surface area (Å²) >= 11 is 3.51. The Bertz CT molecular complexity index is 657. The maximum Gasteiger partial charge on any atom is 0.128 e. The second-order valence-electron chi connectivity index (χ2n) is 4.98. The van der Waals surface area contributed by atoms with E-state index in [0.29, 0.717) is 17.7 Å². The van der Waals surface area contributed by atoms with Gasteiger partial charge in [0.05, 0.1) is 11.4 Å². The molecule has 0 saturated carbocycles. The number of hydrogen-bond donors (Lipinski definition) is 0. The first-order chi connectivity index (χ1) is 9.58. The second kappa shape index (κ2) is 5.17. The van der Waals surface area contributed by atoms with Crippen molar-refractivity contribution in [2.24, 2.45) is 0 Å². The van der Waals surface area contributed by atoms with Crippen LogP contribution in [0.5, 0.6) is 5.75 Å². The topological polar surface area (TPSA) is 9.23 Å². The highest BCUT2D eigenvalue weighted by atomic mass is 79.9. The van der Waals surface area contributed by atoms with Gasteiger partial charge in [0.2, 0.25) is 0 Å². The van der Waals surface area contributed by atoms with Crippen LogP contribution >= 0.6 is 15.9 Å². The van der Waals surface area contributed by atoms with Gasteiger partial charge in [-0.15, -0.1) is 0 Å². The predicted molar refractivity (Wildman–Crippen MR) is 77.4 cm³/mol. The number of ether oxygens (including phenoxy) is 1. The Kier molecular flexibility index (Phi) is 3.50. The molecule has 0 aliphatic carbocycles. The lowest BCUT2D eigenvalue weighted by molar-refractivity contribution is 0.328. The minimum atomic E-state index is -0.393. The normalized spacial score (nSPS) is 18.5. The zero-order valence-electron chi connectivity index (χ0n) is 10.9. The molecule has 0 fully saturated rings. The van der Waals surface area contributed by atoms with E-state index in [1.54, 1.807) is 6.92 Å². The first kappa shape index (κ1) is 13.6. The highest BCUT2D eigenvalue weighted by Crippen LogP contribution is 2.46. The Labute approximate surface area is 124 Å². The highest BCUT2D eigenvalue weighted by Gasteiger charge is 2.32. The fraction of sp³-hybridized carbons (Fsp3) is 0.250. The fourth-order valence-electron chi connectivity index (χ4n) is 2.52. The molecule has 1 nitrogen and oxygen atoms in total. The number of benzene rings is 2. The molecule has 1 aliphatic heterocycles. The van der Waals surface area contributed by atoms with E-state index in [1.165, 1.54) is 12.1 Å². The van der Waals surface area contributed by atoms with Crippen molar-refractivity contribution in [2.75, 3.05) is 6.61 Å².